The maximum Gasteiger partial charge on any atom is 0.124 e. The van der Waals surface area contributed by atoms with Crippen molar-refractivity contribution in [2.45, 2.75) is 6.92 Å². The van der Waals surface area contributed by atoms with Gasteiger partial charge in [0.05, 0.1) is 16.8 Å². The van der Waals surface area contributed by atoms with Crippen molar-refractivity contribution < 1.29 is 4.39 Å². The van der Waals surface area contributed by atoms with Gasteiger partial charge in [-0.05, 0) is 37.3 Å². The molecule has 0 unspecified atom stereocenters. The molecule has 4 heteroatoms. The Morgan fingerprint density at radius 3 is 2.62 bits per heavy atom. The Hall–Kier alpha value is -2.93. The number of halogens is 1. The third-order valence-electron chi connectivity index (χ3n) is 3.27. The number of nitrogens with one attached hydrogen (secondary N) is 1. The summed E-state index contributed by atoms with van der Waals surface area (Å²) >= 11 is 0. The molecule has 2 aromatic carbocycles. The molecule has 0 aliphatic rings. The third kappa shape index (κ3) is 2.54. The van der Waals surface area contributed by atoms with Crippen LogP contribution in [0.15, 0.2) is 48.7 Å². The number of hydrogen-bond donors (Lipinski definition) is 1. The lowest BCUT2D eigenvalue weighted by atomic mass is 10.1. The van der Waals surface area contributed by atoms with Crippen molar-refractivity contribution >= 4 is 22.3 Å². The van der Waals surface area contributed by atoms with Crippen molar-refractivity contribution in [3.05, 3.63) is 65.6 Å². The molecule has 21 heavy (non-hydrogen) atoms. The van der Waals surface area contributed by atoms with Crippen molar-refractivity contribution in [3.63, 3.8) is 0 Å². The molecular weight excluding hydrogens is 265 g/mol. The van der Waals surface area contributed by atoms with Gasteiger partial charge in [-0.25, -0.2) is 4.39 Å². The van der Waals surface area contributed by atoms with Crippen molar-refractivity contribution in [2.75, 3.05) is 5.32 Å². The second kappa shape index (κ2) is 5.22. The van der Waals surface area contributed by atoms with E-state index in [1.807, 2.05) is 31.2 Å². The Labute approximate surface area is 121 Å². The molecule has 3 aromatic rings. The minimum atomic E-state index is -0.355. The van der Waals surface area contributed by atoms with E-state index in [2.05, 4.69) is 16.4 Å². The summed E-state index contributed by atoms with van der Waals surface area (Å²) in [5, 5.41) is 13.0. The van der Waals surface area contributed by atoms with Gasteiger partial charge < -0.3 is 5.32 Å². The fourth-order valence-corrected chi connectivity index (χ4v) is 2.17. The largest absolute Gasteiger partial charge is 0.354 e. The van der Waals surface area contributed by atoms with Gasteiger partial charge in [0.15, 0.2) is 0 Å². The number of rotatable bonds is 2. The number of aromatic nitrogens is 1. The summed E-state index contributed by atoms with van der Waals surface area (Å²) in [6, 6.07) is 14.2. The van der Waals surface area contributed by atoms with Gasteiger partial charge >= 0.3 is 0 Å². The third-order valence-corrected chi connectivity index (χ3v) is 3.27. The predicted molar refractivity (Wildman–Crippen MR) is 80.9 cm³/mol. The van der Waals surface area contributed by atoms with Crippen LogP contribution in [0.2, 0.25) is 0 Å². The molecular formula is C17H12FN3. The highest BCUT2D eigenvalue weighted by Gasteiger charge is 2.10. The fraction of sp³-hybridized carbons (Fsp3) is 0.0588. The first-order valence-electron chi connectivity index (χ1n) is 6.49. The summed E-state index contributed by atoms with van der Waals surface area (Å²) in [5.41, 5.74) is 3.59. The summed E-state index contributed by atoms with van der Waals surface area (Å²) in [6.07, 6.45) is 1.50. The number of aryl methyl sites for hydroxylation is 1. The monoisotopic (exact) mass is 277 g/mol. The van der Waals surface area contributed by atoms with Gasteiger partial charge in [0.2, 0.25) is 0 Å². The molecule has 3 nitrogen and oxygen atoms in total. The maximum absolute atomic E-state index is 13.5. The summed E-state index contributed by atoms with van der Waals surface area (Å²) < 4.78 is 13.5. The predicted octanol–water partition coefficient (Wildman–Crippen LogP) is 4.30. The molecule has 1 heterocycles. The van der Waals surface area contributed by atoms with Gasteiger partial charge in [-0.15, -0.1) is 0 Å². The van der Waals surface area contributed by atoms with E-state index in [4.69, 9.17) is 0 Å². The minimum absolute atomic E-state index is 0.355. The number of hydrogen-bond acceptors (Lipinski definition) is 3. The number of anilines is 2. The summed E-state index contributed by atoms with van der Waals surface area (Å²) in [7, 11) is 0. The normalized spacial score (nSPS) is 10.3. The number of nitriles is 1. The van der Waals surface area contributed by atoms with Gasteiger partial charge in [0.25, 0.3) is 0 Å². The van der Waals surface area contributed by atoms with E-state index in [1.54, 1.807) is 6.07 Å². The molecule has 0 radical (unpaired) electrons. The molecule has 0 aliphatic carbocycles. The first-order chi connectivity index (χ1) is 10.2. The molecule has 0 saturated heterocycles. The van der Waals surface area contributed by atoms with E-state index in [0.29, 0.717) is 22.2 Å². The van der Waals surface area contributed by atoms with Crippen LogP contribution >= 0.6 is 0 Å². The Kier molecular flexibility index (Phi) is 3.25. The molecule has 0 fully saturated rings. The van der Waals surface area contributed by atoms with Crippen LogP contribution in [0.25, 0.3) is 10.9 Å². The SMILES string of the molecule is Cc1ccc(Nc2c(C#N)cnc3ccc(F)cc23)cc1. The van der Waals surface area contributed by atoms with Crippen molar-refractivity contribution in [1.82, 2.24) is 4.98 Å². The van der Waals surface area contributed by atoms with Gasteiger partial charge in [-0.3, -0.25) is 4.98 Å². The summed E-state index contributed by atoms with van der Waals surface area (Å²) in [5.74, 6) is -0.355. The quantitative estimate of drug-likeness (QED) is 0.759. The second-order valence-corrected chi connectivity index (χ2v) is 4.81. The second-order valence-electron chi connectivity index (χ2n) is 4.81. The van der Waals surface area contributed by atoms with E-state index in [1.165, 1.54) is 18.3 Å². The van der Waals surface area contributed by atoms with Crippen LogP contribution in [0.5, 0.6) is 0 Å². The molecule has 0 amide bonds. The molecule has 1 aromatic heterocycles. The van der Waals surface area contributed by atoms with Crippen LogP contribution in [0.3, 0.4) is 0 Å². The van der Waals surface area contributed by atoms with Crippen molar-refractivity contribution in [3.8, 4) is 6.07 Å². The fourth-order valence-electron chi connectivity index (χ4n) is 2.17. The molecule has 0 saturated carbocycles. The Balaban J connectivity index is 2.17. The highest BCUT2D eigenvalue weighted by Crippen LogP contribution is 2.29. The number of pyridine rings is 1. The summed E-state index contributed by atoms with van der Waals surface area (Å²) in [4.78, 5) is 4.18. The zero-order valence-corrected chi connectivity index (χ0v) is 11.4. The smallest absolute Gasteiger partial charge is 0.124 e. The topological polar surface area (TPSA) is 48.7 Å². The highest BCUT2D eigenvalue weighted by atomic mass is 19.1. The van der Waals surface area contributed by atoms with E-state index in [-0.39, 0.29) is 5.82 Å². The van der Waals surface area contributed by atoms with Crippen LogP contribution in [0.4, 0.5) is 15.8 Å². The zero-order valence-electron chi connectivity index (χ0n) is 11.4. The standard InChI is InChI=1S/C17H12FN3/c1-11-2-5-14(6-3-11)21-17-12(9-19)10-20-16-7-4-13(18)8-15(16)17/h2-8,10H,1H3,(H,20,21). The van der Waals surface area contributed by atoms with E-state index < -0.39 is 0 Å². The molecule has 0 aliphatic heterocycles. The molecule has 1 N–H and O–H groups in total. The lowest BCUT2D eigenvalue weighted by Gasteiger charge is -2.11. The Morgan fingerprint density at radius 1 is 1.14 bits per heavy atom. The molecule has 0 atom stereocenters. The lowest BCUT2D eigenvalue weighted by molar-refractivity contribution is 0.629. The first-order valence-corrected chi connectivity index (χ1v) is 6.49. The molecule has 3 rings (SSSR count). The first kappa shape index (κ1) is 13.1. The Bertz CT molecular complexity index is 848. The lowest BCUT2D eigenvalue weighted by Crippen LogP contribution is -1.97. The van der Waals surface area contributed by atoms with E-state index >= 15 is 0 Å². The average molecular weight is 277 g/mol. The van der Waals surface area contributed by atoms with Gasteiger partial charge in [-0.1, -0.05) is 17.7 Å². The van der Waals surface area contributed by atoms with Crippen LogP contribution in [0.1, 0.15) is 11.1 Å². The average Bonchev–Trinajstić information content (AvgIpc) is 2.50. The Morgan fingerprint density at radius 2 is 1.90 bits per heavy atom. The van der Waals surface area contributed by atoms with Crippen LogP contribution in [0, 0.1) is 24.1 Å². The maximum atomic E-state index is 13.5. The van der Waals surface area contributed by atoms with Crippen LogP contribution < -0.4 is 5.32 Å². The van der Waals surface area contributed by atoms with Crippen molar-refractivity contribution in [1.29, 1.82) is 5.26 Å². The van der Waals surface area contributed by atoms with E-state index in [9.17, 15) is 9.65 Å². The number of fused-ring (bicyclic) bond motifs is 1. The molecule has 102 valence electrons. The van der Waals surface area contributed by atoms with Crippen molar-refractivity contribution in [2.24, 2.45) is 0 Å². The zero-order chi connectivity index (χ0) is 14.8. The van der Waals surface area contributed by atoms with E-state index in [0.717, 1.165) is 11.3 Å². The highest BCUT2D eigenvalue weighted by molar-refractivity contribution is 5.95. The molecule has 0 bridgehead atoms. The number of nitrogens with zero attached hydrogens (tertiary/aromatic N) is 2. The minimum Gasteiger partial charge on any atom is -0.354 e. The van der Waals surface area contributed by atoms with Gasteiger partial charge in [0, 0.05) is 17.3 Å². The van der Waals surface area contributed by atoms with Gasteiger partial charge in [0.1, 0.15) is 11.9 Å². The van der Waals surface area contributed by atoms with Crippen LogP contribution in [-0.2, 0) is 0 Å². The summed E-state index contributed by atoms with van der Waals surface area (Å²) in [6.45, 7) is 2.00. The number of benzene rings is 2. The van der Waals surface area contributed by atoms with Crippen LogP contribution in [-0.4, -0.2) is 4.98 Å². The molecule has 0 spiro atoms. The van der Waals surface area contributed by atoms with Gasteiger partial charge in [-0.2, -0.15) is 5.26 Å².